The van der Waals surface area contributed by atoms with Crippen LogP contribution in [0.3, 0.4) is 0 Å². The number of rotatable bonds is 7. The minimum absolute atomic E-state index is 0.00259. The Labute approximate surface area is 271 Å². The fraction of sp³-hybridized carbons (Fsp3) is 0.647. The van der Waals surface area contributed by atoms with Crippen LogP contribution in [0.1, 0.15) is 65.5 Å². The Balaban J connectivity index is 1.65. The summed E-state index contributed by atoms with van der Waals surface area (Å²) >= 11 is 0. The Bertz CT molecular complexity index is 1510. The summed E-state index contributed by atoms with van der Waals surface area (Å²) in [6.07, 6.45) is -8.10. The van der Waals surface area contributed by atoms with E-state index in [1.807, 2.05) is 4.90 Å². The van der Waals surface area contributed by atoms with Gasteiger partial charge < -0.3 is 29.2 Å². The van der Waals surface area contributed by atoms with Crippen LogP contribution >= 0.6 is 0 Å². The first-order valence-electron chi connectivity index (χ1n) is 15.8. The molecular formula is C34H42F3NO9. The highest BCUT2D eigenvalue weighted by Gasteiger charge is 2.72. The van der Waals surface area contributed by atoms with Gasteiger partial charge in [0, 0.05) is 38.3 Å². The first-order chi connectivity index (χ1) is 21.9. The zero-order valence-electron chi connectivity index (χ0n) is 27.3. The zero-order valence-corrected chi connectivity index (χ0v) is 27.3. The maximum Gasteiger partial charge on any atom is 0.416 e. The molecule has 0 saturated carbocycles. The lowest BCUT2D eigenvalue weighted by Crippen LogP contribution is -2.78. The minimum atomic E-state index is -4.59. The van der Waals surface area contributed by atoms with E-state index in [1.54, 1.807) is 20.8 Å². The van der Waals surface area contributed by atoms with Crippen LogP contribution in [-0.2, 0) is 45.9 Å². The molecule has 1 aromatic carbocycles. The van der Waals surface area contributed by atoms with Crippen molar-refractivity contribution >= 4 is 17.9 Å². The number of carbonyl (C=O) groups excluding carboxylic acids is 3. The number of aliphatic hydroxyl groups is 2. The predicted molar refractivity (Wildman–Crippen MR) is 159 cm³/mol. The van der Waals surface area contributed by atoms with Crippen LogP contribution in [-0.4, -0.2) is 88.8 Å². The molecule has 9 atom stereocenters. The summed E-state index contributed by atoms with van der Waals surface area (Å²) in [5.41, 5.74) is -1.69. The van der Waals surface area contributed by atoms with E-state index in [2.05, 4.69) is 5.73 Å². The highest BCUT2D eigenvalue weighted by molar-refractivity contribution is 5.68. The molecule has 0 spiro atoms. The average molecular weight is 666 g/mol. The predicted octanol–water partition coefficient (Wildman–Crippen LogP) is 3.71. The largest absolute Gasteiger partial charge is 0.462 e. The van der Waals surface area contributed by atoms with E-state index in [4.69, 9.17) is 18.9 Å². The Morgan fingerprint density at radius 3 is 2.45 bits per heavy atom. The van der Waals surface area contributed by atoms with E-state index < -0.39 is 82.4 Å². The van der Waals surface area contributed by atoms with Gasteiger partial charge >= 0.3 is 24.1 Å². The van der Waals surface area contributed by atoms with E-state index in [0.717, 1.165) is 6.07 Å². The molecule has 10 nitrogen and oxygen atoms in total. The standard InChI is InChI=1S/C34H42F3NO9/c1-18-15-27(46-21(4)40)31(6)25(33(18,43)13-11-23-9-7-8-10-24(23)34(35,36)37)12-14-38-26-16-44-17-32(26,19(2)45-20(3)39)30(42)28(29(31)38)47-22(5)41/h7-10,19,25-26,28-30,42-43H,11-14,16-17H2,1-6H3/t19?,25-,26-,28+,29?,30+,31?,32-,33+/m1/s1. The number of nitrogens with zero attached hydrogens (tertiary/aromatic N) is 1. The van der Waals surface area contributed by atoms with Crippen LogP contribution in [0, 0.1) is 16.7 Å². The van der Waals surface area contributed by atoms with Gasteiger partial charge in [-0.2, -0.15) is 13.2 Å². The van der Waals surface area contributed by atoms with E-state index in [1.165, 1.54) is 39.0 Å². The molecule has 13 heteroatoms. The third-order valence-corrected chi connectivity index (χ3v) is 11.0. The second-order valence-electron chi connectivity index (χ2n) is 13.5. The molecule has 47 heavy (non-hydrogen) atoms. The van der Waals surface area contributed by atoms with Crippen LogP contribution in [0.15, 0.2) is 41.3 Å². The van der Waals surface area contributed by atoms with Crippen molar-refractivity contribution < 1.29 is 56.7 Å². The molecule has 1 aliphatic carbocycles. The SMILES string of the molecule is CC(=O)OC1=C=C(C)[C@@](O)(CCc2ccccc2C(F)(F)F)[C@@H]2CCN3C([C@H](OC(C)=O)[C@H](O)[C@@]4(C(C)OC(C)=O)COC[C@@H]34)C12C. The van der Waals surface area contributed by atoms with E-state index in [0.29, 0.717) is 6.54 Å². The molecule has 5 rings (SSSR count). The van der Waals surface area contributed by atoms with Crippen molar-refractivity contribution in [2.24, 2.45) is 16.7 Å². The Hall–Kier alpha value is -3.22. The number of benzene rings is 1. The van der Waals surface area contributed by atoms with Gasteiger partial charge in [-0.15, -0.1) is 0 Å². The quantitative estimate of drug-likeness (QED) is 0.253. The van der Waals surface area contributed by atoms with Gasteiger partial charge in [-0.3, -0.25) is 19.3 Å². The van der Waals surface area contributed by atoms with Gasteiger partial charge in [0.15, 0.2) is 5.76 Å². The number of fused-ring (bicyclic) bond motifs is 5. The van der Waals surface area contributed by atoms with Gasteiger partial charge in [-0.1, -0.05) is 23.9 Å². The number of alkyl halides is 3. The molecule has 1 aromatic rings. The molecule has 0 radical (unpaired) electrons. The molecule has 2 N–H and O–H groups in total. The maximum absolute atomic E-state index is 13.9. The molecule has 0 amide bonds. The maximum atomic E-state index is 13.9. The highest BCUT2D eigenvalue weighted by atomic mass is 19.4. The van der Waals surface area contributed by atoms with Crippen molar-refractivity contribution in [3.8, 4) is 0 Å². The van der Waals surface area contributed by atoms with Crippen molar-refractivity contribution in [1.82, 2.24) is 4.90 Å². The number of aryl methyl sites for hydroxylation is 1. The number of aliphatic hydroxyl groups excluding tert-OH is 1. The van der Waals surface area contributed by atoms with Crippen molar-refractivity contribution in [2.45, 2.75) is 103 Å². The van der Waals surface area contributed by atoms with Gasteiger partial charge in [0.1, 0.15) is 18.3 Å². The summed E-state index contributed by atoms with van der Waals surface area (Å²) in [5, 5.41) is 24.7. The number of piperidine rings is 2. The van der Waals surface area contributed by atoms with Crippen LogP contribution in [0.25, 0.3) is 0 Å². The molecular weight excluding hydrogens is 623 g/mol. The first-order valence-corrected chi connectivity index (χ1v) is 15.8. The highest BCUT2D eigenvalue weighted by Crippen LogP contribution is 2.61. The second-order valence-corrected chi connectivity index (χ2v) is 13.5. The summed E-state index contributed by atoms with van der Waals surface area (Å²) in [5.74, 6) is -2.63. The van der Waals surface area contributed by atoms with E-state index >= 15 is 0 Å². The lowest BCUT2D eigenvalue weighted by atomic mass is 9.51. The first kappa shape index (κ1) is 35.1. The zero-order chi connectivity index (χ0) is 34.7. The molecule has 4 aliphatic rings. The molecule has 3 aliphatic heterocycles. The molecule has 3 fully saturated rings. The van der Waals surface area contributed by atoms with Crippen LogP contribution in [0.5, 0.6) is 0 Å². The lowest BCUT2D eigenvalue weighted by Gasteiger charge is -2.65. The molecule has 3 saturated heterocycles. The van der Waals surface area contributed by atoms with Crippen LogP contribution in [0.4, 0.5) is 13.2 Å². The summed E-state index contributed by atoms with van der Waals surface area (Å²) < 4.78 is 64.8. The second kappa shape index (κ2) is 12.3. The van der Waals surface area contributed by atoms with Gasteiger partial charge in [0.25, 0.3) is 0 Å². The summed E-state index contributed by atoms with van der Waals surface area (Å²) in [7, 11) is 0. The molecule has 0 aromatic heterocycles. The van der Waals surface area contributed by atoms with Crippen LogP contribution in [0.2, 0.25) is 0 Å². The van der Waals surface area contributed by atoms with E-state index in [9.17, 15) is 37.8 Å². The average Bonchev–Trinajstić information content (AvgIpc) is 3.43. The summed E-state index contributed by atoms with van der Waals surface area (Å²) in [6.45, 7) is 9.10. The Morgan fingerprint density at radius 2 is 1.83 bits per heavy atom. The smallest absolute Gasteiger partial charge is 0.416 e. The van der Waals surface area contributed by atoms with Crippen molar-refractivity contribution in [2.75, 3.05) is 19.8 Å². The number of ether oxygens (including phenoxy) is 4. The third kappa shape index (κ3) is 5.69. The number of halogens is 3. The third-order valence-electron chi connectivity index (χ3n) is 11.0. The molecule has 3 heterocycles. The monoisotopic (exact) mass is 665 g/mol. The van der Waals surface area contributed by atoms with Crippen molar-refractivity contribution in [3.05, 3.63) is 52.5 Å². The number of hydrogen-bond acceptors (Lipinski definition) is 10. The van der Waals surface area contributed by atoms with Crippen LogP contribution < -0.4 is 0 Å². The Kier molecular flexibility index (Phi) is 9.22. The fourth-order valence-corrected chi connectivity index (χ4v) is 8.90. The molecule has 258 valence electrons. The van der Waals surface area contributed by atoms with E-state index in [-0.39, 0.29) is 49.4 Å². The summed E-state index contributed by atoms with van der Waals surface area (Å²) in [4.78, 5) is 39.2. The Morgan fingerprint density at radius 1 is 1.15 bits per heavy atom. The normalized spacial score (nSPS) is 35.8. The van der Waals surface area contributed by atoms with Gasteiger partial charge in [0.2, 0.25) is 0 Å². The topological polar surface area (TPSA) is 132 Å². The van der Waals surface area contributed by atoms with Gasteiger partial charge in [0.05, 0.1) is 41.3 Å². The number of esters is 3. The molecule has 3 unspecified atom stereocenters. The fourth-order valence-electron chi connectivity index (χ4n) is 8.90. The van der Waals surface area contributed by atoms with Gasteiger partial charge in [-0.25, -0.2) is 0 Å². The lowest BCUT2D eigenvalue weighted by molar-refractivity contribution is -0.253. The van der Waals surface area contributed by atoms with Gasteiger partial charge in [-0.05, 0) is 58.2 Å². The van der Waals surface area contributed by atoms with Crippen molar-refractivity contribution in [1.29, 1.82) is 0 Å². The number of hydrogen-bond donors (Lipinski definition) is 2. The summed E-state index contributed by atoms with van der Waals surface area (Å²) in [6, 6.07) is 3.76. The molecule has 0 bridgehead atoms. The van der Waals surface area contributed by atoms with Crippen molar-refractivity contribution in [3.63, 3.8) is 0 Å². The number of carbonyl (C=O) groups is 3. The minimum Gasteiger partial charge on any atom is -0.462 e.